The molecule has 136 valence electrons. The highest BCUT2D eigenvalue weighted by Crippen LogP contribution is 2.50. The fourth-order valence-corrected chi connectivity index (χ4v) is 3.88. The van der Waals surface area contributed by atoms with Crippen LogP contribution in [-0.2, 0) is 16.6 Å². The van der Waals surface area contributed by atoms with Gasteiger partial charge < -0.3 is 14.8 Å². The van der Waals surface area contributed by atoms with Crippen LogP contribution in [0, 0.1) is 0 Å². The first-order valence-corrected chi connectivity index (χ1v) is 9.37. The van der Waals surface area contributed by atoms with Crippen LogP contribution in [0.15, 0.2) is 72.0 Å². The van der Waals surface area contributed by atoms with Gasteiger partial charge in [-0.3, -0.25) is 4.79 Å². The summed E-state index contributed by atoms with van der Waals surface area (Å²) in [5.41, 5.74) is 4.19. The number of nitrogens with one attached hydrogen (secondary N) is 1. The average Bonchev–Trinajstić information content (AvgIpc) is 3.17. The van der Waals surface area contributed by atoms with Crippen LogP contribution in [0.4, 0.5) is 0 Å². The molecular formula is C23H21NO3. The first kappa shape index (κ1) is 16.2. The zero-order chi connectivity index (χ0) is 18.3. The zero-order valence-electron chi connectivity index (χ0n) is 15.0. The second-order valence-electron chi connectivity index (χ2n) is 7.46. The number of hydrogen-bond acceptors (Lipinski definition) is 3. The number of allylic oxidation sites excluding steroid dienone is 3. The Kier molecular flexibility index (Phi) is 3.78. The molecular weight excluding hydrogens is 338 g/mol. The summed E-state index contributed by atoms with van der Waals surface area (Å²) in [5.74, 6) is 1.57. The van der Waals surface area contributed by atoms with E-state index in [0.29, 0.717) is 0 Å². The minimum absolute atomic E-state index is 0.0852. The van der Waals surface area contributed by atoms with Gasteiger partial charge in [0.15, 0.2) is 11.5 Å². The van der Waals surface area contributed by atoms with Crippen LogP contribution in [0.1, 0.15) is 30.4 Å². The monoisotopic (exact) mass is 359 g/mol. The number of carbonyl (C=O) groups excluding carboxylic acids is 1. The van der Waals surface area contributed by atoms with Gasteiger partial charge in [0.1, 0.15) is 0 Å². The number of hydrogen-bond donors (Lipinski definition) is 1. The van der Waals surface area contributed by atoms with Crippen LogP contribution in [-0.4, -0.2) is 12.7 Å². The molecule has 1 heterocycles. The van der Waals surface area contributed by atoms with Crippen molar-refractivity contribution in [3.63, 3.8) is 0 Å². The molecule has 0 atom stereocenters. The van der Waals surface area contributed by atoms with Crippen molar-refractivity contribution in [2.75, 3.05) is 6.79 Å². The van der Waals surface area contributed by atoms with E-state index in [9.17, 15) is 4.79 Å². The standard InChI is InChI=1S/C23H21NO3/c25-22(23(10-11-23)18-7-9-20-21(14-18)27-15-26-20)24-19-8-6-17(13-19)12-16-4-2-1-3-5-16/h1-9,14H,10-13,15H2,(H,24,25). The number of ether oxygens (including phenoxy) is 2. The molecule has 5 rings (SSSR count). The van der Waals surface area contributed by atoms with E-state index in [2.05, 4.69) is 35.7 Å². The number of benzene rings is 2. The molecule has 1 N–H and O–H groups in total. The summed E-state index contributed by atoms with van der Waals surface area (Å²) < 4.78 is 10.8. The van der Waals surface area contributed by atoms with E-state index in [1.165, 1.54) is 11.1 Å². The van der Waals surface area contributed by atoms with Gasteiger partial charge in [0.05, 0.1) is 5.41 Å². The molecule has 2 aliphatic carbocycles. The van der Waals surface area contributed by atoms with E-state index in [4.69, 9.17) is 9.47 Å². The summed E-state index contributed by atoms with van der Waals surface area (Å²) >= 11 is 0. The lowest BCUT2D eigenvalue weighted by Crippen LogP contribution is -2.34. The van der Waals surface area contributed by atoms with Gasteiger partial charge in [-0.15, -0.1) is 0 Å². The molecule has 0 spiro atoms. The molecule has 0 unspecified atom stereocenters. The predicted octanol–water partition coefficient (Wildman–Crippen LogP) is 4.02. The van der Waals surface area contributed by atoms with Crippen LogP contribution < -0.4 is 14.8 Å². The first-order chi connectivity index (χ1) is 13.2. The van der Waals surface area contributed by atoms with E-state index in [0.717, 1.165) is 48.4 Å². The van der Waals surface area contributed by atoms with Gasteiger partial charge in [-0.2, -0.15) is 0 Å². The molecule has 1 amide bonds. The molecule has 1 fully saturated rings. The lowest BCUT2D eigenvalue weighted by Gasteiger charge is -2.17. The van der Waals surface area contributed by atoms with E-state index < -0.39 is 5.41 Å². The van der Waals surface area contributed by atoms with E-state index >= 15 is 0 Å². The lowest BCUT2D eigenvalue weighted by atomic mass is 9.94. The predicted molar refractivity (Wildman–Crippen MR) is 103 cm³/mol. The fourth-order valence-electron chi connectivity index (χ4n) is 3.88. The van der Waals surface area contributed by atoms with Gasteiger partial charge in [-0.05, 0) is 48.6 Å². The normalized spacial score (nSPS) is 18.7. The van der Waals surface area contributed by atoms with Crippen LogP contribution >= 0.6 is 0 Å². The van der Waals surface area contributed by atoms with Gasteiger partial charge in [0.25, 0.3) is 0 Å². The third-order valence-electron chi connectivity index (χ3n) is 5.60. The Labute approximate surface area is 158 Å². The summed E-state index contributed by atoms with van der Waals surface area (Å²) in [7, 11) is 0. The molecule has 3 aliphatic rings. The SMILES string of the molecule is O=C(NC1=CC=C(Cc2ccccc2)C1)C1(c2ccc3c(c2)OCO3)CC1. The molecule has 2 aromatic carbocycles. The van der Waals surface area contributed by atoms with Gasteiger partial charge in [0, 0.05) is 12.1 Å². The molecule has 1 aliphatic heterocycles. The Balaban J connectivity index is 1.24. The molecule has 2 aromatic rings. The summed E-state index contributed by atoms with van der Waals surface area (Å²) in [5, 5.41) is 3.16. The lowest BCUT2D eigenvalue weighted by molar-refractivity contribution is -0.122. The smallest absolute Gasteiger partial charge is 0.234 e. The van der Waals surface area contributed by atoms with Crippen molar-refractivity contribution in [1.29, 1.82) is 0 Å². The van der Waals surface area contributed by atoms with E-state index in [-0.39, 0.29) is 12.7 Å². The summed E-state index contributed by atoms with van der Waals surface area (Å²) in [6.07, 6.45) is 7.63. The van der Waals surface area contributed by atoms with E-state index in [1.54, 1.807) is 0 Å². The minimum atomic E-state index is -0.427. The Morgan fingerprint density at radius 2 is 1.81 bits per heavy atom. The van der Waals surface area contributed by atoms with Crippen molar-refractivity contribution in [3.05, 3.63) is 83.1 Å². The minimum Gasteiger partial charge on any atom is -0.454 e. The fraction of sp³-hybridized carbons (Fsp3) is 0.261. The van der Waals surface area contributed by atoms with Crippen molar-refractivity contribution in [3.8, 4) is 11.5 Å². The van der Waals surface area contributed by atoms with Crippen molar-refractivity contribution < 1.29 is 14.3 Å². The maximum atomic E-state index is 13.0. The Morgan fingerprint density at radius 1 is 1.00 bits per heavy atom. The summed E-state index contributed by atoms with van der Waals surface area (Å²) in [4.78, 5) is 13.0. The van der Waals surface area contributed by atoms with Crippen LogP contribution in [0.2, 0.25) is 0 Å². The van der Waals surface area contributed by atoms with Crippen LogP contribution in [0.5, 0.6) is 11.5 Å². The molecule has 0 radical (unpaired) electrons. The van der Waals surface area contributed by atoms with Crippen LogP contribution in [0.3, 0.4) is 0 Å². The van der Waals surface area contributed by atoms with Gasteiger partial charge in [0.2, 0.25) is 12.7 Å². The number of rotatable bonds is 5. The Morgan fingerprint density at radius 3 is 2.63 bits per heavy atom. The number of carbonyl (C=O) groups is 1. The Hall–Kier alpha value is -3.01. The summed E-state index contributed by atoms with van der Waals surface area (Å²) in [6, 6.07) is 16.3. The highest BCUT2D eigenvalue weighted by Gasteiger charge is 2.51. The number of amides is 1. The van der Waals surface area contributed by atoms with E-state index in [1.807, 2.05) is 30.3 Å². The molecule has 27 heavy (non-hydrogen) atoms. The molecule has 0 aromatic heterocycles. The maximum Gasteiger partial charge on any atom is 0.234 e. The third-order valence-corrected chi connectivity index (χ3v) is 5.60. The van der Waals surface area contributed by atoms with Crippen molar-refractivity contribution >= 4 is 5.91 Å². The van der Waals surface area contributed by atoms with Crippen LogP contribution in [0.25, 0.3) is 0 Å². The van der Waals surface area contributed by atoms with Gasteiger partial charge in [-0.25, -0.2) is 0 Å². The summed E-state index contributed by atoms with van der Waals surface area (Å²) in [6.45, 7) is 0.251. The first-order valence-electron chi connectivity index (χ1n) is 9.37. The molecule has 4 nitrogen and oxygen atoms in total. The molecule has 1 saturated carbocycles. The van der Waals surface area contributed by atoms with Gasteiger partial charge in [-0.1, -0.05) is 48.0 Å². The second-order valence-corrected chi connectivity index (χ2v) is 7.46. The van der Waals surface area contributed by atoms with Crippen molar-refractivity contribution in [2.45, 2.75) is 31.1 Å². The highest BCUT2D eigenvalue weighted by molar-refractivity contribution is 5.92. The third kappa shape index (κ3) is 3.01. The number of fused-ring (bicyclic) bond motifs is 1. The topological polar surface area (TPSA) is 47.6 Å². The quantitative estimate of drug-likeness (QED) is 0.877. The second kappa shape index (κ2) is 6.31. The van der Waals surface area contributed by atoms with Crippen molar-refractivity contribution in [1.82, 2.24) is 5.32 Å². The van der Waals surface area contributed by atoms with Gasteiger partial charge >= 0.3 is 0 Å². The molecule has 0 saturated heterocycles. The van der Waals surface area contributed by atoms with Crippen molar-refractivity contribution in [2.24, 2.45) is 0 Å². The molecule has 4 heteroatoms. The average molecular weight is 359 g/mol. The largest absolute Gasteiger partial charge is 0.454 e. The highest BCUT2D eigenvalue weighted by atomic mass is 16.7. The maximum absolute atomic E-state index is 13.0. The Bertz CT molecular complexity index is 955. The zero-order valence-corrected chi connectivity index (χ0v) is 15.0. The molecule has 0 bridgehead atoms.